The number of piperidine rings is 1. The van der Waals surface area contributed by atoms with E-state index < -0.39 is 10.0 Å². The number of hydrogen-bond donors (Lipinski definition) is 0. The average molecular weight is 368 g/mol. The molecule has 0 atom stereocenters. The highest BCUT2D eigenvalue weighted by Gasteiger charge is 2.39. The van der Waals surface area contributed by atoms with Gasteiger partial charge in [0.05, 0.1) is 11.5 Å². The van der Waals surface area contributed by atoms with Gasteiger partial charge in [0.15, 0.2) is 0 Å². The van der Waals surface area contributed by atoms with Gasteiger partial charge in [0.1, 0.15) is 0 Å². The summed E-state index contributed by atoms with van der Waals surface area (Å²) in [6, 6.07) is 7.31. The number of carbonyl (C=O) groups is 2. The zero-order chi connectivity index (χ0) is 17.3. The van der Waals surface area contributed by atoms with Gasteiger partial charge in [-0.25, -0.2) is 12.7 Å². The second-order valence-corrected chi connectivity index (χ2v) is 9.09. The zero-order valence-electron chi connectivity index (χ0n) is 13.5. The number of sulfonamides is 1. The number of amides is 2. The molecule has 2 saturated heterocycles. The fourth-order valence-electron chi connectivity index (χ4n) is 3.20. The van der Waals surface area contributed by atoms with Crippen LogP contribution in [-0.4, -0.2) is 53.7 Å². The average Bonchev–Trinajstić information content (AvgIpc) is 2.86. The van der Waals surface area contributed by atoms with Crippen LogP contribution in [0.15, 0.2) is 24.3 Å². The van der Waals surface area contributed by atoms with Crippen molar-refractivity contribution < 1.29 is 18.0 Å². The van der Waals surface area contributed by atoms with E-state index in [1.165, 1.54) is 9.21 Å². The van der Waals surface area contributed by atoms with E-state index in [1.54, 1.807) is 0 Å². The summed E-state index contributed by atoms with van der Waals surface area (Å²) in [5.74, 6) is 0.0210. The van der Waals surface area contributed by atoms with Crippen molar-refractivity contribution >= 4 is 32.9 Å². The highest BCUT2D eigenvalue weighted by molar-refractivity contribution is 8.14. The molecule has 3 rings (SSSR count). The van der Waals surface area contributed by atoms with Crippen LogP contribution in [0, 0.1) is 6.92 Å². The Hall–Kier alpha value is -1.38. The highest BCUT2D eigenvalue weighted by Crippen LogP contribution is 2.28. The lowest BCUT2D eigenvalue weighted by atomic mass is 10.1. The Morgan fingerprint density at radius 2 is 1.92 bits per heavy atom. The van der Waals surface area contributed by atoms with Crippen molar-refractivity contribution in [3.8, 4) is 0 Å². The summed E-state index contributed by atoms with van der Waals surface area (Å²) in [6.45, 7) is 2.63. The lowest BCUT2D eigenvalue weighted by Crippen LogP contribution is -2.48. The molecule has 130 valence electrons. The van der Waals surface area contributed by atoms with Crippen LogP contribution in [0.2, 0.25) is 0 Å². The van der Waals surface area contributed by atoms with Gasteiger partial charge in [0, 0.05) is 19.1 Å². The third kappa shape index (κ3) is 3.65. The Balaban J connectivity index is 1.63. The molecule has 0 spiro atoms. The van der Waals surface area contributed by atoms with Crippen LogP contribution in [0.25, 0.3) is 0 Å². The maximum atomic E-state index is 12.6. The van der Waals surface area contributed by atoms with Gasteiger partial charge in [0.2, 0.25) is 15.9 Å². The molecule has 0 bridgehead atoms. The molecule has 2 aliphatic heterocycles. The molecule has 1 aromatic rings. The van der Waals surface area contributed by atoms with E-state index in [2.05, 4.69) is 0 Å². The van der Waals surface area contributed by atoms with Crippen molar-refractivity contribution in [1.29, 1.82) is 0 Å². The minimum Gasteiger partial charge on any atom is -0.273 e. The molecule has 2 amide bonds. The normalized spacial score (nSPS) is 20.8. The second kappa shape index (κ2) is 6.85. The molecule has 0 N–H and O–H groups in total. The van der Waals surface area contributed by atoms with E-state index in [1.807, 2.05) is 31.2 Å². The Labute approximate surface area is 146 Å². The van der Waals surface area contributed by atoms with Gasteiger partial charge in [-0.3, -0.25) is 14.5 Å². The molecule has 1 aromatic carbocycles. The number of carbonyl (C=O) groups excluding carboxylic acids is 2. The highest BCUT2D eigenvalue weighted by atomic mass is 32.2. The Morgan fingerprint density at radius 3 is 2.50 bits per heavy atom. The van der Waals surface area contributed by atoms with Crippen LogP contribution in [0.5, 0.6) is 0 Å². The van der Waals surface area contributed by atoms with Crippen molar-refractivity contribution in [3.63, 3.8) is 0 Å². The van der Waals surface area contributed by atoms with Crippen molar-refractivity contribution in [2.45, 2.75) is 31.6 Å². The predicted molar refractivity (Wildman–Crippen MR) is 93.1 cm³/mol. The van der Waals surface area contributed by atoms with Gasteiger partial charge >= 0.3 is 0 Å². The molecule has 8 heteroatoms. The van der Waals surface area contributed by atoms with Gasteiger partial charge in [-0.05, 0) is 25.3 Å². The maximum Gasteiger partial charge on any atom is 0.289 e. The predicted octanol–water partition coefficient (Wildman–Crippen LogP) is 1.98. The van der Waals surface area contributed by atoms with E-state index in [4.69, 9.17) is 0 Å². The fraction of sp³-hybridized carbons (Fsp3) is 0.500. The molecule has 2 fully saturated rings. The van der Waals surface area contributed by atoms with Gasteiger partial charge in [-0.2, -0.15) is 0 Å². The smallest absolute Gasteiger partial charge is 0.273 e. The second-order valence-electron chi connectivity index (χ2n) is 6.19. The van der Waals surface area contributed by atoms with E-state index >= 15 is 0 Å². The summed E-state index contributed by atoms with van der Waals surface area (Å²) >= 11 is 1.02. The number of imide groups is 1. The minimum absolute atomic E-state index is 0.0171. The van der Waals surface area contributed by atoms with Gasteiger partial charge in [-0.1, -0.05) is 41.6 Å². The van der Waals surface area contributed by atoms with Crippen LogP contribution in [0.1, 0.15) is 24.0 Å². The van der Waals surface area contributed by atoms with E-state index in [0.717, 1.165) is 22.9 Å². The van der Waals surface area contributed by atoms with Crippen LogP contribution in [0.4, 0.5) is 4.79 Å². The van der Waals surface area contributed by atoms with Crippen LogP contribution < -0.4 is 0 Å². The number of aryl methyl sites for hydroxylation is 1. The van der Waals surface area contributed by atoms with E-state index in [9.17, 15) is 18.0 Å². The maximum absolute atomic E-state index is 12.6. The lowest BCUT2D eigenvalue weighted by Gasteiger charge is -2.34. The molecule has 0 aromatic heterocycles. The molecule has 2 aliphatic rings. The number of nitrogens with zero attached hydrogens (tertiary/aromatic N) is 2. The summed E-state index contributed by atoms with van der Waals surface area (Å²) in [7, 11) is -3.39. The molecule has 0 unspecified atom stereocenters. The molecule has 0 aliphatic carbocycles. The van der Waals surface area contributed by atoms with Gasteiger partial charge in [0.25, 0.3) is 5.24 Å². The monoisotopic (exact) mass is 368 g/mol. The van der Waals surface area contributed by atoms with Crippen molar-refractivity contribution in [2.24, 2.45) is 0 Å². The van der Waals surface area contributed by atoms with Crippen LogP contribution in [-0.2, 0) is 20.6 Å². The van der Waals surface area contributed by atoms with Crippen molar-refractivity contribution in [3.05, 3.63) is 35.4 Å². The molecule has 2 heterocycles. The Bertz CT molecular complexity index is 739. The Kier molecular flexibility index (Phi) is 4.98. The van der Waals surface area contributed by atoms with Gasteiger partial charge in [-0.15, -0.1) is 0 Å². The molecule has 0 radical (unpaired) electrons. The van der Waals surface area contributed by atoms with Crippen LogP contribution in [0.3, 0.4) is 0 Å². The van der Waals surface area contributed by atoms with Gasteiger partial charge < -0.3 is 0 Å². The van der Waals surface area contributed by atoms with Crippen molar-refractivity contribution in [1.82, 2.24) is 9.21 Å². The Morgan fingerprint density at radius 1 is 1.21 bits per heavy atom. The molecule has 0 saturated carbocycles. The number of rotatable bonds is 4. The number of benzene rings is 1. The topological polar surface area (TPSA) is 74.8 Å². The zero-order valence-corrected chi connectivity index (χ0v) is 15.1. The standard InChI is InChI=1S/C16H20N2O4S2/c1-12-3-2-4-13(9-12)11-24(21,22)17-7-5-14(6-8-17)18-15(19)10-23-16(18)20/h2-4,9,14H,5-8,10-11H2,1H3. The minimum atomic E-state index is -3.39. The van der Waals surface area contributed by atoms with Crippen molar-refractivity contribution in [2.75, 3.05) is 18.8 Å². The summed E-state index contributed by atoms with van der Waals surface area (Å²) < 4.78 is 26.7. The summed E-state index contributed by atoms with van der Waals surface area (Å²) in [6.07, 6.45) is 1.01. The first-order valence-electron chi connectivity index (χ1n) is 7.89. The van der Waals surface area contributed by atoms with Crippen LogP contribution >= 0.6 is 11.8 Å². The van der Waals surface area contributed by atoms with E-state index in [0.29, 0.717) is 25.9 Å². The summed E-state index contributed by atoms with van der Waals surface area (Å²) in [5, 5.41) is -0.207. The molecule has 24 heavy (non-hydrogen) atoms. The first-order chi connectivity index (χ1) is 11.4. The molecular formula is C16H20N2O4S2. The third-order valence-corrected chi connectivity index (χ3v) is 7.08. The molecule has 6 nitrogen and oxygen atoms in total. The fourth-order valence-corrected chi connectivity index (χ4v) is 5.53. The number of thioether (sulfide) groups is 1. The summed E-state index contributed by atoms with van der Waals surface area (Å²) in [4.78, 5) is 24.9. The lowest BCUT2D eigenvalue weighted by molar-refractivity contribution is -0.126. The third-order valence-electron chi connectivity index (χ3n) is 4.40. The summed E-state index contributed by atoms with van der Waals surface area (Å²) in [5.41, 5.74) is 1.81. The van der Waals surface area contributed by atoms with E-state index in [-0.39, 0.29) is 28.7 Å². The molecular weight excluding hydrogens is 348 g/mol. The number of hydrogen-bond acceptors (Lipinski definition) is 5. The first-order valence-corrected chi connectivity index (χ1v) is 10.5. The quantitative estimate of drug-likeness (QED) is 0.812. The SMILES string of the molecule is Cc1cccc(CS(=O)(=O)N2CCC(N3C(=O)CSC3=O)CC2)c1. The first kappa shape index (κ1) is 17.4. The largest absolute Gasteiger partial charge is 0.289 e.